The fourth-order valence-corrected chi connectivity index (χ4v) is 2.18. The van der Waals surface area contributed by atoms with Crippen LogP contribution >= 0.6 is 15.9 Å². The highest BCUT2D eigenvalue weighted by Gasteiger charge is 2.14. The summed E-state index contributed by atoms with van der Waals surface area (Å²) < 4.78 is 13.8. The molecule has 0 aliphatic carbocycles. The van der Waals surface area contributed by atoms with E-state index >= 15 is 0 Å². The van der Waals surface area contributed by atoms with E-state index in [1.165, 1.54) is 18.2 Å². The third-order valence-electron chi connectivity index (χ3n) is 2.91. The molecule has 0 unspecified atom stereocenters. The van der Waals surface area contributed by atoms with Gasteiger partial charge in [0, 0.05) is 28.3 Å². The van der Waals surface area contributed by atoms with E-state index < -0.39 is 4.92 Å². The minimum Gasteiger partial charge on any atom is -0.380 e. The average Bonchev–Trinajstić information content (AvgIpc) is 2.40. The molecule has 0 aromatic heterocycles. The van der Waals surface area contributed by atoms with Gasteiger partial charge in [-0.1, -0.05) is 22.0 Å². The molecule has 6 heteroatoms. The lowest BCUT2D eigenvalue weighted by atomic mass is 10.1. The molecular weight excluding hydrogens is 327 g/mol. The molecule has 0 amide bonds. The number of rotatable bonds is 4. The maximum absolute atomic E-state index is 13.2. The van der Waals surface area contributed by atoms with Crippen molar-refractivity contribution < 1.29 is 9.31 Å². The Morgan fingerprint density at radius 1 is 1.30 bits per heavy atom. The molecule has 0 aliphatic heterocycles. The number of nitrogens with zero attached hydrogens (tertiary/aromatic N) is 1. The van der Waals surface area contributed by atoms with Crippen LogP contribution < -0.4 is 5.32 Å². The van der Waals surface area contributed by atoms with Gasteiger partial charge in [-0.2, -0.15) is 0 Å². The molecule has 0 heterocycles. The molecule has 104 valence electrons. The highest BCUT2D eigenvalue weighted by Crippen LogP contribution is 2.25. The van der Waals surface area contributed by atoms with Crippen molar-refractivity contribution in [2.75, 3.05) is 5.32 Å². The molecule has 0 fully saturated rings. The van der Waals surface area contributed by atoms with Crippen molar-refractivity contribution in [3.05, 3.63) is 67.9 Å². The largest absolute Gasteiger partial charge is 0.380 e. The van der Waals surface area contributed by atoms with Crippen LogP contribution in [-0.2, 0) is 6.54 Å². The fraction of sp³-hybridized carbons (Fsp3) is 0.143. The Hall–Kier alpha value is -1.95. The third kappa shape index (κ3) is 3.33. The first-order valence-corrected chi connectivity index (χ1v) is 6.69. The van der Waals surface area contributed by atoms with Gasteiger partial charge in [-0.15, -0.1) is 0 Å². The van der Waals surface area contributed by atoms with Gasteiger partial charge >= 0.3 is 0 Å². The first kappa shape index (κ1) is 14.5. The number of aryl methyl sites for hydroxylation is 1. The fourth-order valence-electron chi connectivity index (χ4n) is 1.83. The minimum atomic E-state index is -0.430. The smallest absolute Gasteiger partial charge is 0.275 e. The van der Waals surface area contributed by atoms with Gasteiger partial charge in [-0.25, -0.2) is 4.39 Å². The van der Waals surface area contributed by atoms with Crippen LogP contribution in [0.1, 0.15) is 11.1 Å². The molecule has 0 radical (unpaired) electrons. The summed E-state index contributed by atoms with van der Waals surface area (Å²) in [6, 6.07) is 9.28. The zero-order valence-electron chi connectivity index (χ0n) is 10.7. The Labute approximate surface area is 123 Å². The van der Waals surface area contributed by atoms with Crippen molar-refractivity contribution in [1.29, 1.82) is 0 Å². The maximum Gasteiger partial charge on any atom is 0.275 e. The highest BCUT2D eigenvalue weighted by molar-refractivity contribution is 9.10. The van der Waals surface area contributed by atoms with Crippen molar-refractivity contribution in [3.63, 3.8) is 0 Å². The van der Waals surface area contributed by atoms with Gasteiger partial charge in [-0.05, 0) is 36.8 Å². The van der Waals surface area contributed by atoms with E-state index in [2.05, 4.69) is 21.2 Å². The number of halogens is 2. The topological polar surface area (TPSA) is 55.2 Å². The molecule has 2 rings (SSSR count). The molecule has 20 heavy (non-hydrogen) atoms. The van der Waals surface area contributed by atoms with Crippen molar-refractivity contribution in [2.45, 2.75) is 13.5 Å². The molecule has 0 spiro atoms. The Morgan fingerprint density at radius 2 is 2.05 bits per heavy atom. The monoisotopic (exact) mass is 338 g/mol. The lowest BCUT2D eigenvalue weighted by Crippen LogP contribution is -2.04. The SMILES string of the molecule is Cc1ccc(F)cc1NCc1ccc(Br)cc1[N+](=O)[O-]. The molecule has 2 aromatic carbocycles. The first-order chi connectivity index (χ1) is 9.47. The summed E-state index contributed by atoms with van der Waals surface area (Å²) in [7, 11) is 0. The summed E-state index contributed by atoms with van der Waals surface area (Å²) >= 11 is 3.21. The summed E-state index contributed by atoms with van der Waals surface area (Å²) in [5.41, 5.74) is 2.08. The summed E-state index contributed by atoms with van der Waals surface area (Å²) in [5, 5.41) is 14.0. The van der Waals surface area contributed by atoms with E-state index in [1.54, 1.807) is 18.2 Å². The van der Waals surface area contributed by atoms with Crippen LogP contribution in [0.15, 0.2) is 40.9 Å². The molecular formula is C14H12BrFN2O2. The molecule has 2 aromatic rings. The molecule has 4 nitrogen and oxygen atoms in total. The molecule has 0 aliphatic rings. The predicted octanol–water partition coefficient (Wildman–Crippen LogP) is 4.42. The molecule has 0 saturated carbocycles. The predicted molar refractivity (Wildman–Crippen MR) is 79.3 cm³/mol. The standard InChI is InChI=1S/C14H12BrFN2O2/c1-9-2-5-12(16)7-13(9)17-8-10-3-4-11(15)6-14(10)18(19)20/h2-7,17H,8H2,1H3. The van der Waals surface area contributed by atoms with Crippen LogP contribution in [-0.4, -0.2) is 4.92 Å². The number of nitrogens with one attached hydrogen (secondary N) is 1. The Morgan fingerprint density at radius 3 is 2.75 bits per heavy atom. The second-order valence-electron chi connectivity index (χ2n) is 4.34. The minimum absolute atomic E-state index is 0.0286. The lowest BCUT2D eigenvalue weighted by molar-refractivity contribution is -0.385. The quantitative estimate of drug-likeness (QED) is 0.663. The summed E-state index contributed by atoms with van der Waals surface area (Å²) in [6.45, 7) is 2.10. The third-order valence-corrected chi connectivity index (χ3v) is 3.41. The normalized spacial score (nSPS) is 10.3. The van der Waals surface area contributed by atoms with E-state index in [9.17, 15) is 14.5 Å². The van der Waals surface area contributed by atoms with Gasteiger partial charge in [0.1, 0.15) is 5.82 Å². The average molecular weight is 339 g/mol. The van der Waals surface area contributed by atoms with Crippen molar-refractivity contribution in [3.8, 4) is 0 Å². The Balaban J connectivity index is 2.23. The van der Waals surface area contributed by atoms with E-state index in [4.69, 9.17) is 0 Å². The summed E-state index contributed by atoms with van der Waals surface area (Å²) in [5.74, 6) is -0.344. The zero-order valence-corrected chi connectivity index (χ0v) is 12.3. The van der Waals surface area contributed by atoms with Gasteiger partial charge in [0.2, 0.25) is 0 Å². The van der Waals surface area contributed by atoms with Gasteiger partial charge in [0.05, 0.1) is 4.92 Å². The second kappa shape index (κ2) is 6.00. The second-order valence-corrected chi connectivity index (χ2v) is 5.26. The van der Waals surface area contributed by atoms with Crippen molar-refractivity contribution in [2.24, 2.45) is 0 Å². The van der Waals surface area contributed by atoms with Crippen LogP contribution in [0.25, 0.3) is 0 Å². The van der Waals surface area contributed by atoms with E-state index in [-0.39, 0.29) is 18.0 Å². The van der Waals surface area contributed by atoms with Gasteiger partial charge < -0.3 is 5.32 Å². The molecule has 0 saturated heterocycles. The Kier molecular flexibility index (Phi) is 4.34. The molecule has 1 N–H and O–H groups in total. The number of hydrogen-bond acceptors (Lipinski definition) is 3. The van der Waals surface area contributed by atoms with Gasteiger partial charge in [0.25, 0.3) is 5.69 Å². The summed E-state index contributed by atoms with van der Waals surface area (Å²) in [4.78, 5) is 10.6. The van der Waals surface area contributed by atoms with Crippen LogP contribution in [0.3, 0.4) is 0 Å². The zero-order chi connectivity index (χ0) is 14.7. The maximum atomic E-state index is 13.2. The van der Waals surface area contributed by atoms with E-state index in [0.29, 0.717) is 15.7 Å². The van der Waals surface area contributed by atoms with Crippen LogP contribution in [0.4, 0.5) is 15.8 Å². The highest BCUT2D eigenvalue weighted by atomic mass is 79.9. The van der Waals surface area contributed by atoms with Crippen LogP contribution in [0.2, 0.25) is 0 Å². The van der Waals surface area contributed by atoms with Crippen molar-refractivity contribution >= 4 is 27.3 Å². The van der Waals surface area contributed by atoms with E-state index in [0.717, 1.165) is 5.56 Å². The molecule has 0 atom stereocenters. The first-order valence-electron chi connectivity index (χ1n) is 5.90. The van der Waals surface area contributed by atoms with Crippen LogP contribution in [0.5, 0.6) is 0 Å². The number of nitro benzene ring substituents is 1. The number of benzene rings is 2. The van der Waals surface area contributed by atoms with Crippen molar-refractivity contribution in [1.82, 2.24) is 0 Å². The Bertz CT molecular complexity index is 662. The van der Waals surface area contributed by atoms with E-state index in [1.807, 2.05) is 6.92 Å². The van der Waals surface area contributed by atoms with Gasteiger partial charge in [-0.3, -0.25) is 10.1 Å². The molecule has 0 bridgehead atoms. The summed E-state index contributed by atoms with van der Waals surface area (Å²) in [6.07, 6.45) is 0. The lowest BCUT2D eigenvalue weighted by Gasteiger charge is -2.10. The number of anilines is 1. The van der Waals surface area contributed by atoms with Gasteiger partial charge in [0.15, 0.2) is 0 Å². The van der Waals surface area contributed by atoms with Crippen LogP contribution in [0, 0.1) is 22.9 Å². The number of nitro groups is 1. The number of hydrogen-bond donors (Lipinski definition) is 1.